The van der Waals surface area contributed by atoms with Crippen molar-refractivity contribution in [2.75, 3.05) is 5.75 Å². The molecule has 0 radical (unpaired) electrons. The van der Waals surface area contributed by atoms with E-state index in [9.17, 15) is 4.79 Å². The van der Waals surface area contributed by atoms with Crippen LogP contribution in [0, 0.1) is 0 Å². The first kappa shape index (κ1) is 18.2. The van der Waals surface area contributed by atoms with Gasteiger partial charge in [0.05, 0.1) is 17.4 Å². The second kappa shape index (κ2) is 6.59. The number of thioether (sulfide) groups is 1. The van der Waals surface area contributed by atoms with E-state index in [1.807, 2.05) is 46.0 Å². The SMILES string of the molecule is CC(=O)SCC(=Cc1cnn2cccnc12)B1OC(C)(C)C(C)(C)O1. The molecule has 1 saturated heterocycles. The van der Waals surface area contributed by atoms with Gasteiger partial charge in [-0.2, -0.15) is 5.10 Å². The van der Waals surface area contributed by atoms with Gasteiger partial charge >= 0.3 is 7.12 Å². The second-order valence-corrected chi connectivity index (χ2v) is 8.23. The third-order valence-electron chi connectivity index (χ3n) is 4.65. The van der Waals surface area contributed by atoms with Gasteiger partial charge in [0.25, 0.3) is 0 Å². The van der Waals surface area contributed by atoms with E-state index in [4.69, 9.17) is 9.31 Å². The maximum Gasteiger partial charge on any atom is 0.491 e. The highest BCUT2D eigenvalue weighted by molar-refractivity contribution is 8.13. The standard InChI is InChI=1S/C17H22BN3O3S/c1-12(22)25-11-14(18-23-16(2,3)17(4,5)24-18)9-13-10-20-21-8-6-7-19-15(13)21/h6-10H,11H2,1-5H3. The largest absolute Gasteiger partial charge is 0.491 e. The molecule has 1 aliphatic rings. The highest BCUT2D eigenvalue weighted by atomic mass is 32.2. The molecule has 0 atom stereocenters. The predicted octanol–water partition coefficient (Wildman–Crippen LogP) is 3.02. The van der Waals surface area contributed by atoms with E-state index >= 15 is 0 Å². The number of fused-ring (bicyclic) bond motifs is 1. The smallest absolute Gasteiger partial charge is 0.400 e. The first-order valence-corrected chi connectivity index (χ1v) is 9.16. The summed E-state index contributed by atoms with van der Waals surface area (Å²) in [6, 6.07) is 1.83. The van der Waals surface area contributed by atoms with Gasteiger partial charge in [0.1, 0.15) is 0 Å². The van der Waals surface area contributed by atoms with Crippen LogP contribution in [0.2, 0.25) is 0 Å². The monoisotopic (exact) mass is 359 g/mol. The summed E-state index contributed by atoms with van der Waals surface area (Å²) in [4.78, 5) is 15.8. The van der Waals surface area contributed by atoms with Gasteiger partial charge in [0, 0.05) is 30.6 Å². The zero-order valence-electron chi connectivity index (χ0n) is 15.1. The third kappa shape index (κ3) is 3.66. The first-order valence-electron chi connectivity index (χ1n) is 8.17. The molecule has 0 unspecified atom stereocenters. The Kier molecular flexibility index (Phi) is 4.79. The van der Waals surface area contributed by atoms with Gasteiger partial charge in [-0.05, 0) is 39.2 Å². The zero-order chi connectivity index (χ0) is 18.2. The average molecular weight is 359 g/mol. The van der Waals surface area contributed by atoms with Crippen LogP contribution >= 0.6 is 11.8 Å². The van der Waals surface area contributed by atoms with Crippen LogP contribution in [0.1, 0.15) is 40.2 Å². The van der Waals surface area contributed by atoms with Crippen LogP contribution in [0.15, 0.2) is 30.1 Å². The molecule has 1 aliphatic heterocycles. The lowest BCUT2D eigenvalue weighted by Crippen LogP contribution is -2.41. The van der Waals surface area contributed by atoms with Crippen molar-refractivity contribution in [3.63, 3.8) is 0 Å². The van der Waals surface area contributed by atoms with Crippen LogP contribution in [0.5, 0.6) is 0 Å². The first-order chi connectivity index (χ1) is 11.7. The van der Waals surface area contributed by atoms with Crippen molar-refractivity contribution in [2.45, 2.75) is 45.8 Å². The number of hydrogen-bond donors (Lipinski definition) is 0. The van der Waals surface area contributed by atoms with Crippen molar-refractivity contribution >= 4 is 35.7 Å². The normalized spacial score (nSPS) is 19.6. The number of rotatable bonds is 4. The zero-order valence-corrected chi connectivity index (χ0v) is 16.0. The summed E-state index contributed by atoms with van der Waals surface area (Å²) in [6.07, 6.45) is 7.30. The average Bonchev–Trinajstić information content (AvgIpc) is 3.02. The molecule has 6 nitrogen and oxygen atoms in total. The molecule has 0 aliphatic carbocycles. The van der Waals surface area contributed by atoms with Crippen LogP contribution in [0.25, 0.3) is 11.7 Å². The van der Waals surface area contributed by atoms with Crippen LogP contribution in [0.4, 0.5) is 0 Å². The molecule has 2 aromatic rings. The van der Waals surface area contributed by atoms with Gasteiger partial charge in [-0.25, -0.2) is 9.50 Å². The Morgan fingerprint density at radius 1 is 1.32 bits per heavy atom. The highest BCUT2D eigenvalue weighted by Crippen LogP contribution is 2.39. The van der Waals surface area contributed by atoms with Gasteiger partial charge in [0.15, 0.2) is 10.8 Å². The lowest BCUT2D eigenvalue weighted by molar-refractivity contribution is -0.109. The Bertz CT molecular complexity index is 815. The topological polar surface area (TPSA) is 65.7 Å². The summed E-state index contributed by atoms with van der Waals surface area (Å²) in [5.74, 6) is 0.496. The fraction of sp³-hybridized carbons (Fsp3) is 0.471. The molecule has 8 heteroatoms. The van der Waals surface area contributed by atoms with Crippen LogP contribution in [0.3, 0.4) is 0 Å². The van der Waals surface area contributed by atoms with Gasteiger partial charge in [-0.15, -0.1) is 0 Å². The molecule has 2 aromatic heterocycles. The Labute approximate surface area is 152 Å². The van der Waals surface area contributed by atoms with Crippen LogP contribution in [-0.2, 0) is 14.1 Å². The molecule has 0 amide bonds. The fourth-order valence-corrected chi connectivity index (χ4v) is 3.09. The minimum absolute atomic E-state index is 0.0559. The molecule has 3 rings (SSSR count). The molecule has 132 valence electrons. The fourth-order valence-electron chi connectivity index (χ4n) is 2.50. The highest BCUT2D eigenvalue weighted by Gasteiger charge is 2.52. The van der Waals surface area contributed by atoms with E-state index in [2.05, 4.69) is 10.1 Å². The Morgan fingerprint density at radius 3 is 2.64 bits per heavy atom. The van der Waals surface area contributed by atoms with Crippen molar-refractivity contribution in [3.8, 4) is 0 Å². The third-order valence-corrected chi connectivity index (χ3v) is 5.53. The van der Waals surface area contributed by atoms with E-state index < -0.39 is 18.3 Å². The van der Waals surface area contributed by atoms with Crippen molar-refractivity contribution < 1.29 is 14.1 Å². The maximum absolute atomic E-state index is 11.5. The second-order valence-electron chi connectivity index (χ2n) is 7.08. The summed E-state index contributed by atoms with van der Waals surface area (Å²) in [6.45, 7) is 9.61. The van der Waals surface area contributed by atoms with Gasteiger partial charge in [0.2, 0.25) is 0 Å². The van der Waals surface area contributed by atoms with E-state index in [1.54, 1.807) is 23.8 Å². The summed E-state index contributed by atoms with van der Waals surface area (Å²) >= 11 is 1.24. The van der Waals surface area contributed by atoms with Crippen molar-refractivity contribution in [3.05, 3.63) is 35.7 Å². The van der Waals surface area contributed by atoms with Crippen LogP contribution in [-0.4, -0.2) is 43.8 Å². The molecular formula is C17H22BN3O3S. The Hall–Kier alpha value is -1.64. The molecule has 3 heterocycles. The Morgan fingerprint density at radius 2 is 2.00 bits per heavy atom. The van der Waals surface area contributed by atoms with E-state index in [0.717, 1.165) is 16.7 Å². The molecular weight excluding hydrogens is 337 g/mol. The van der Waals surface area contributed by atoms with Gasteiger partial charge in [-0.3, -0.25) is 4.79 Å². The van der Waals surface area contributed by atoms with E-state index in [-0.39, 0.29) is 5.12 Å². The number of carbonyl (C=O) groups is 1. The van der Waals surface area contributed by atoms with Gasteiger partial charge in [-0.1, -0.05) is 17.8 Å². The summed E-state index contributed by atoms with van der Waals surface area (Å²) in [5, 5.41) is 4.36. The maximum atomic E-state index is 11.5. The molecule has 0 spiro atoms. The summed E-state index contributed by atoms with van der Waals surface area (Å²) in [7, 11) is -0.504. The summed E-state index contributed by atoms with van der Waals surface area (Å²) < 4.78 is 14.0. The minimum Gasteiger partial charge on any atom is -0.400 e. The lowest BCUT2D eigenvalue weighted by atomic mass is 9.78. The molecule has 0 aromatic carbocycles. The molecule has 25 heavy (non-hydrogen) atoms. The summed E-state index contributed by atoms with van der Waals surface area (Å²) in [5.41, 5.74) is 1.65. The minimum atomic E-state index is -0.504. The lowest BCUT2D eigenvalue weighted by Gasteiger charge is -2.32. The van der Waals surface area contributed by atoms with E-state index in [1.165, 1.54) is 11.8 Å². The van der Waals surface area contributed by atoms with E-state index in [0.29, 0.717) is 5.75 Å². The van der Waals surface area contributed by atoms with Crippen molar-refractivity contribution in [1.82, 2.24) is 14.6 Å². The van der Waals surface area contributed by atoms with Crippen molar-refractivity contribution in [1.29, 1.82) is 0 Å². The van der Waals surface area contributed by atoms with Crippen LogP contribution < -0.4 is 0 Å². The number of nitrogens with zero attached hydrogens (tertiary/aromatic N) is 3. The number of aromatic nitrogens is 3. The molecule has 1 fully saturated rings. The number of hydrogen-bond acceptors (Lipinski definition) is 6. The molecule has 0 N–H and O–H groups in total. The predicted molar refractivity (Wildman–Crippen MR) is 100 cm³/mol. The van der Waals surface area contributed by atoms with Crippen molar-refractivity contribution in [2.24, 2.45) is 0 Å². The van der Waals surface area contributed by atoms with Gasteiger partial charge < -0.3 is 9.31 Å². The molecule has 0 saturated carbocycles. The quantitative estimate of drug-likeness (QED) is 0.782. The molecule has 0 bridgehead atoms. The Balaban J connectivity index is 1.96. The number of carbonyl (C=O) groups excluding carboxylic acids is 1.